The third-order valence-corrected chi connectivity index (χ3v) is 3.64. The predicted octanol–water partition coefficient (Wildman–Crippen LogP) is 2.14. The van der Waals surface area contributed by atoms with Crippen LogP contribution in [0.4, 0.5) is 0 Å². The molecule has 0 bridgehead atoms. The smallest absolute Gasteiger partial charge is 0.282 e. The van der Waals surface area contributed by atoms with Crippen LogP contribution in [0, 0.1) is 6.92 Å². The van der Waals surface area contributed by atoms with Gasteiger partial charge >= 0.3 is 0 Å². The van der Waals surface area contributed by atoms with Gasteiger partial charge in [-0.1, -0.05) is 30.3 Å². The summed E-state index contributed by atoms with van der Waals surface area (Å²) in [5.74, 6) is 0.746. The Morgan fingerprint density at radius 3 is 2.60 bits per heavy atom. The molecule has 0 unspecified atom stereocenters. The van der Waals surface area contributed by atoms with Gasteiger partial charge < -0.3 is 4.57 Å². The van der Waals surface area contributed by atoms with Crippen molar-refractivity contribution in [2.45, 2.75) is 13.5 Å². The summed E-state index contributed by atoms with van der Waals surface area (Å²) in [4.78, 5) is 20.7. The molecular weight excluding hydrogens is 276 g/mol. The Morgan fingerprint density at radius 1 is 1.20 bits per heavy atom. The lowest BCUT2D eigenvalue weighted by molar-refractivity contribution is 0.771. The minimum absolute atomic E-state index is 0.164. The van der Waals surface area contributed by atoms with E-state index in [-0.39, 0.29) is 10.8 Å². The molecule has 0 atom stereocenters. The molecule has 0 aliphatic rings. The molecule has 0 N–H and O–H groups in total. The van der Waals surface area contributed by atoms with E-state index < -0.39 is 0 Å². The number of fused-ring (bicyclic) bond motifs is 1. The van der Waals surface area contributed by atoms with Crippen molar-refractivity contribution in [1.82, 2.24) is 19.1 Å². The Hall–Kier alpha value is -2.14. The SMILES string of the molecule is Cc1nc2c(=O)n(C)c(Cl)nc2n1Cc1ccccc1. The first kappa shape index (κ1) is 12.9. The molecule has 3 rings (SSSR count). The third-order valence-electron chi connectivity index (χ3n) is 3.30. The third kappa shape index (κ3) is 2.00. The lowest BCUT2D eigenvalue weighted by Crippen LogP contribution is -2.19. The highest BCUT2D eigenvalue weighted by molar-refractivity contribution is 6.28. The summed E-state index contributed by atoms with van der Waals surface area (Å²) in [6.45, 7) is 2.47. The number of aryl methyl sites for hydroxylation is 1. The number of aromatic nitrogens is 4. The first-order chi connectivity index (χ1) is 9.58. The van der Waals surface area contributed by atoms with Gasteiger partial charge in [-0.2, -0.15) is 4.98 Å². The van der Waals surface area contributed by atoms with Crippen molar-refractivity contribution in [3.8, 4) is 0 Å². The van der Waals surface area contributed by atoms with Crippen molar-refractivity contribution in [3.05, 3.63) is 57.4 Å². The number of rotatable bonds is 2. The lowest BCUT2D eigenvalue weighted by atomic mass is 10.2. The minimum Gasteiger partial charge on any atom is -0.308 e. The van der Waals surface area contributed by atoms with Crippen LogP contribution in [0.25, 0.3) is 11.2 Å². The number of hydrogen-bond donors (Lipinski definition) is 0. The maximum absolute atomic E-state index is 12.1. The number of imidazole rings is 1. The highest BCUT2D eigenvalue weighted by Crippen LogP contribution is 2.15. The summed E-state index contributed by atoms with van der Waals surface area (Å²) in [6, 6.07) is 9.96. The fraction of sp³-hybridized carbons (Fsp3) is 0.214. The largest absolute Gasteiger partial charge is 0.308 e. The fourth-order valence-corrected chi connectivity index (χ4v) is 2.33. The Bertz CT molecular complexity index is 836. The molecule has 0 aliphatic heterocycles. The fourth-order valence-electron chi connectivity index (χ4n) is 2.17. The quantitative estimate of drug-likeness (QED) is 0.679. The Balaban J connectivity index is 2.21. The average Bonchev–Trinajstić information content (AvgIpc) is 2.75. The molecule has 6 heteroatoms. The van der Waals surface area contributed by atoms with E-state index in [1.807, 2.05) is 41.8 Å². The van der Waals surface area contributed by atoms with Gasteiger partial charge in [0.1, 0.15) is 5.82 Å². The van der Waals surface area contributed by atoms with E-state index in [1.165, 1.54) is 4.57 Å². The highest BCUT2D eigenvalue weighted by Gasteiger charge is 2.15. The molecule has 0 aliphatic carbocycles. The summed E-state index contributed by atoms with van der Waals surface area (Å²) in [5.41, 5.74) is 1.77. The topological polar surface area (TPSA) is 52.7 Å². The van der Waals surface area contributed by atoms with Crippen LogP contribution in [0.3, 0.4) is 0 Å². The first-order valence-corrected chi connectivity index (χ1v) is 6.59. The zero-order valence-electron chi connectivity index (χ0n) is 11.2. The van der Waals surface area contributed by atoms with Crippen LogP contribution in [-0.4, -0.2) is 19.1 Å². The van der Waals surface area contributed by atoms with Crippen molar-refractivity contribution in [2.75, 3.05) is 0 Å². The van der Waals surface area contributed by atoms with E-state index in [0.29, 0.717) is 17.7 Å². The number of halogens is 1. The normalized spacial score (nSPS) is 11.2. The van der Waals surface area contributed by atoms with Crippen molar-refractivity contribution < 1.29 is 0 Å². The van der Waals surface area contributed by atoms with Gasteiger partial charge in [-0.15, -0.1) is 0 Å². The second-order valence-corrected chi connectivity index (χ2v) is 4.99. The molecule has 5 nitrogen and oxygen atoms in total. The van der Waals surface area contributed by atoms with Crippen LogP contribution in [-0.2, 0) is 13.6 Å². The second kappa shape index (κ2) is 4.76. The Kier molecular flexibility index (Phi) is 3.06. The summed E-state index contributed by atoms with van der Waals surface area (Å²) in [6.07, 6.45) is 0. The van der Waals surface area contributed by atoms with Gasteiger partial charge in [-0.25, -0.2) is 4.98 Å². The molecule has 0 amide bonds. The average molecular weight is 289 g/mol. The van der Waals surface area contributed by atoms with Gasteiger partial charge in [0.05, 0.1) is 6.54 Å². The lowest BCUT2D eigenvalue weighted by Gasteiger charge is -2.07. The second-order valence-electron chi connectivity index (χ2n) is 4.65. The van der Waals surface area contributed by atoms with E-state index in [2.05, 4.69) is 9.97 Å². The van der Waals surface area contributed by atoms with Gasteiger partial charge in [0.15, 0.2) is 11.2 Å². The Morgan fingerprint density at radius 2 is 1.90 bits per heavy atom. The molecule has 0 spiro atoms. The first-order valence-electron chi connectivity index (χ1n) is 6.21. The molecular formula is C14H13ClN4O. The molecule has 1 aromatic carbocycles. The number of benzene rings is 1. The van der Waals surface area contributed by atoms with E-state index in [1.54, 1.807) is 7.05 Å². The van der Waals surface area contributed by atoms with E-state index >= 15 is 0 Å². The van der Waals surface area contributed by atoms with Gasteiger partial charge in [0, 0.05) is 7.05 Å². The zero-order chi connectivity index (χ0) is 14.3. The maximum Gasteiger partial charge on any atom is 0.282 e. The van der Waals surface area contributed by atoms with Crippen LogP contribution in [0.5, 0.6) is 0 Å². The van der Waals surface area contributed by atoms with Crippen molar-refractivity contribution in [2.24, 2.45) is 7.05 Å². The molecule has 2 aromatic heterocycles. The van der Waals surface area contributed by atoms with Crippen LogP contribution in [0.2, 0.25) is 5.28 Å². The molecule has 0 fully saturated rings. The molecule has 0 saturated carbocycles. The number of hydrogen-bond acceptors (Lipinski definition) is 3. The summed E-state index contributed by atoms with van der Waals surface area (Å²) in [5, 5.41) is 0.164. The predicted molar refractivity (Wildman–Crippen MR) is 78.1 cm³/mol. The van der Waals surface area contributed by atoms with Crippen molar-refractivity contribution in [1.29, 1.82) is 0 Å². The number of nitrogens with zero attached hydrogens (tertiary/aromatic N) is 4. The van der Waals surface area contributed by atoms with Crippen LogP contribution >= 0.6 is 11.6 Å². The van der Waals surface area contributed by atoms with E-state index in [4.69, 9.17) is 11.6 Å². The van der Waals surface area contributed by atoms with Gasteiger partial charge in [-0.05, 0) is 24.1 Å². The summed E-state index contributed by atoms with van der Waals surface area (Å²) < 4.78 is 3.20. The van der Waals surface area contributed by atoms with Crippen molar-refractivity contribution >= 4 is 22.8 Å². The zero-order valence-corrected chi connectivity index (χ0v) is 11.9. The van der Waals surface area contributed by atoms with Crippen LogP contribution < -0.4 is 5.56 Å². The van der Waals surface area contributed by atoms with Gasteiger partial charge in [0.25, 0.3) is 5.56 Å². The minimum atomic E-state index is -0.227. The van der Waals surface area contributed by atoms with Crippen molar-refractivity contribution in [3.63, 3.8) is 0 Å². The standard InChI is InChI=1S/C14H13ClN4O/c1-9-16-11-12(17-14(15)18(2)13(11)20)19(9)8-10-6-4-3-5-7-10/h3-7H,8H2,1-2H3. The van der Waals surface area contributed by atoms with Gasteiger partial charge in [0.2, 0.25) is 5.28 Å². The molecule has 2 heterocycles. The highest BCUT2D eigenvalue weighted by atomic mass is 35.5. The van der Waals surface area contributed by atoms with E-state index in [9.17, 15) is 4.79 Å². The molecule has 102 valence electrons. The van der Waals surface area contributed by atoms with Crippen LogP contribution in [0.1, 0.15) is 11.4 Å². The molecule has 20 heavy (non-hydrogen) atoms. The summed E-state index contributed by atoms with van der Waals surface area (Å²) >= 11 is 5.99. The maximum atomic E-state index is 12.1. The molecule has 0 saturated heterocycles. The molecule has 0 radical (unpaired) electrons. The monoisotopic (exact) mass is 288 g/mol. The molecule has 3 aromatic rings. The summed E-state index contributed by atoms with van der Waals surface area (Å²) in [7, 11) is 1.59. The van der Waals surface area contributed by atoms with Gasteiger partial charge in [-0.3, -0.25) is 9.36 Å². The van der Waals surface area contributed by atoms with Crippen LogP contribution in [0.15, 0.2) is 35.1 Å². The Labute approximate surface area is 120 Å². The van der Waals surface area contributed by atoms with E-state index in [0.717, 1.165) is 11.4 Å².